The van der Waals surface area contributed by atoms with Gasteiger partial charge in [0.2, 0.25) is 5.79 Å². The number of amides is 4. The number of hydrogen-bond donors (Lipinski definition) is 4. The molecule has 1 aliphatic carbocycles. The van der Waals surface area contributed by atoms with E-state index in [2.05, 4.69) is 5.32 Å². The van der Waals surface area contributed by atoms with Crippen LogP contribution in [0.4, 0.5) is 4.79 Å². The van der Waals surface area contributed by atoms with E-state index in [1.807, 2.05) is 51.2 Å². The molecule has 5 heterocycles. The molecule has 1 unspecified atom stereocenters. The van der Waals surface area contributed by atoms with Gasteiger partial charge in [-0.3, -0.25) is 29.3 Å². The number of aliphatic hydroxyl groups is 3. The summed E-state index contributed by atoms with van der Waals surface area (Å²) in [6.07, 6.45) is 9.95. The highest BCUT2D eigenvalue weighted by molar-refractivity contribution is 6.39. The molecule has 5 aliphatic heterocycles. The molecule has 19 heteroatoms. The highest BCUT2D eigenvalue weighted by Crippen LogP contribution is 2.38. The van der Waals surface area contributed by atoms with Crippen molar-refractivity contribution >= 4 is 41.2 Å². The van der Waals surface area contributed by atoms with Gasteiger partial charge in [0.25, 0.3) is 17.6 Å². The number of imide groups is 1. The maximum Gasteiger partial charge on any atom is 0.329 e. The molecule has 0 aromatic rings. The first-order chi connectivity index (χ1) is 36.6. The van der Waals surface area contributed by atoms with Crippen molar-refractivity contribution in [3.8, 4) is 0 Å². The van der Waals surface area contributed by atoms with Crippen LogP contribution >= 0.6 is 0 Å². The molecule has 4 N–H and O–H groups in total. The number of fused-ring (bicyclic) bond motifs is 4. The average Bonchev–Trinajstić information content (AvgIpc) is 3.97. The van der Waals surface area contributed by atoms with Crippen molar-refractivity contribution in [2.24, 2.45) is 35.5 Å². The van der Waals surface area contributed by atoms with Crippen molar-refractivity contribution < 1.29 is 77.3 Å². The first kappa shape index (κ1) is 61.7. The third-order valence-electron chi connectivity index (χ3n) is 17.0. The van der Waals surface area contributed by atoms with Gasteiger partial charge in [-0.15, -0.1) is 0 Å². The van der Waals surface area contributed by atoms with Crippen molar-refractivity contribution in [3.63, 3.8) is 0 Å². The minimum Gasteiger partial charge on any atom is -0.460 e. The number of rotatable bonds is 10. The Bertz CT molecular complexity index is 2210. The van der Waals surface area contributed by atoms with Gasteiger partial charge in [0.1, 0.15) is 36.2 Å². The molecule has 0 aromatic carbocycles. The first-order valence-electron chi connectivity index (χ1n) is 28.0. The van der Waals surface area contributed by atoms with E-state index in [-0.39, 0.29) is 93.0 Å². The standard InChI is InChI=1S/C58H87N3O16/c1-33-15-11-10-12-16-34(2)47(75-24-23-74-42-29-44-54(67)59-57(70)61(44)32-42)30-41-20-18-39(7)58(71,77-41)53(66)55(68)60-22-14-13-17-43(60)56(69)76-48(36(4)27-40-19-21-45(62)49(28-40)72-8)31-46(63)35(3)26-38(6)51(65)52(73-9)50(64)37(5)25-33/h10-12,15-16,26,33,35-37,39-45,47-49,51-52,62,65,71H,13-14,17-25,27-32H2,1-9H3,(H,59,67,70)/b12-10+,15-11+,34-16+,38-26+/t33-,35-,36-,37-,39-,40+,41+,42-,43+,44+,45-,47?,48+,49-,51-,52+,58-/m1/s1. The summed E-state index contributed by atoms with van der Waals surface area (Å²) in [6, 6.07) is -2.20. The number of ketones is 3. The quantitative estimate of drug-likeness (QED) is 0.0716. The summed E-state index contributed by atoms with van der Waals surface area (Å²) >= 11 is 0. The van der Waals surface area contributed by atoms with Crippen LogP contribution in [0.3, 0.4) is 0 Å². The smallest absolute Gasteiger partial charge is 0.329 e. The Morgan fingerprint density at radius 2 is 1.56 bits per heavy atom. The van der Waals surface area contributed by atoms with Crippen molar-refractivity contribution in [1.82, 2.24) is 15.1 Å². The molecular formula is C58H87N3O16. The molecule has 19 nitrogen and oxygen atoms in total. The molecule has 4 amide bonds. The molecule has 4 saturated heterocycles. The number of carbonyl (C=O) groups is 7. The summed E-state index contributed by atoms with van der Waals surface area (Å²) < 4.78 is 36.3. The van der Waals surface area contributed by atoms with E-state index in [9.17, 15) is 48.9 Å². The Balaban J connectivity index is 1.27. The maximum absolute atomic E-state index is 14.5. The van der Waals surface area contributed by atoms with Gasteiger partial charge in [0.15, 0.2) is 5.78 Å². The molecule has 0 aromatic heterocycles. The average molecular weight is 1080 g/mol. The minimum atomic E-state index is -2.53. The Hall–Kier alpha value is -4.47. The lowest BCUT2D eigenvalue weighted by atomic mass is 9.78. The van der Waals surface area contributed by atoms with Crippen LogP contribution in [0.25, 0.3) is 0 Å². The van der Waals surface area contributed by atoms with E-state index in [1.165, 1.54) is 16.9 Å². The topological polar surface area (TPSA) is 254 Å². The molecule has 6 rings (SSSR count). The number of piperidine rings is 1. The number of hydrogen-bond acceptors (Lipinski definition) is 16. The Morgan fingerprint density at radius 1 is 0.818 bits per heavy atom. The number of methoxy groups -OCH3 is 2. The van der Waals surface area contributed by atoms with Gasteiger partial charge in [-0.1, -0.05) is 71.1 Å². The summed E-state index contributed by atoms with van der Waals surface area (Å²) in [4.78, 5) is 98.7. The van der Waals surface area contributed by atoms with Gasteiger partial charge in [-0.2, -0.15) is 0 Å². The summed E-state index contributed by atoms with van der Waals surface area (Å²) in [7, 11) is 2.92. The molecule has 6 aliphatic rings. The number of aliphatic hydroxyl groups excluding tert-OH is 2. The second-order valence-electron chi connectivity index (χ2n) is 22.9. The molecule has 77 heavy (non-hydrogen) atoms. The lowest BCUT2D eigenvalue weighted by molar-refractivity contribution is -0.266. The summed E-state index contributed by atoms with van der Waals surface area (Å²) in [5, 5.41) is 36.6. The third kappa shape index (κ3) is 15.7. The zero-order valence-corrected chi connectivity index (χ0v) is 46.8. The number of ether oxygens (including phenoxy) is 6. The number of cyclic esters (lactones) is 1. The highest BCUT2D eigenvalue weighted by Gasteiger charge is 2.53. The van der Waals surface area contributed by atoms with Crippen LogP contribution < -0.4 is 5.32 Å². The van der Waals surface area contributed by atoms with Crippen molar-refractivity contribution in [3.05, 3.63) is 47.6 Å². The fourth-order valence-electron chi connectivity index (χ4n) is 12.1. The van der Waals surface area contributed by atoms with E-state index < -0.39 is 95.9 Å². The van der Waals surface area contributed by atoms with Crippen LogP contribution in [-0.4, -0.2) is 174 Å². The summed E-state index contributed by atoms with van der Waals surface area (Å²) in [5.41, 5.74) is 1.15. The number of urea groups is 1. The van der Waals surface area contributed by atoms with Gasteiger partial charge in [0.05, 0.1) is 43.7 Å². The predicted octanol–water partition coefficient (Wildman–Crippen LogP) is 5.26. The lowest BCUT2D eigenvalue weighted by Gasteiger charge is -2.43. The van der Waals surface area contributed by atoms with E-state index in [1.54, 1.807) is 40.9 Å². The van der Waals surface area contributed by atoms with Crippen molar-refractivity contribution in [2.45, 2.75) is 199 Å². The lowest BCUT2D eigenvalue weighted by Crippen LogP contribution is -2.61. The third-order valence-corrected chi connectivity index (χ3v) is 17.0. The van der Waals surface area contributed by atoms with E-state index in [0.29, 0.717) is 69.8 Å². The minimum absolute atomic E-state index is 0.0417. The summed E-state index contributed by atoms with van der Waals surface area (Å²) in [5.74, 6) is -8.88. The van der Waals surface area contributed by atoms with Gasteiger partial charge >= 0.3 is 12.0 Å². The molecule has 5 fully saturated rings. The van der Waals surface area contributed by atoms with Gasteiger partial charge < -0.3 is 53.5 Å². The number of allylic oxidation sites excluding steroid dienone is 6. The van der Waals surface area contributed by atoms with Crippen LogP contribution in [-0.2, 0) is 57.2 Å². The predicted molar refractivity (Wildman–Crippen MR) is 282 cm³/mol. The van der Waals surface area contributed by atoms with Crippen LogP contribution in [0, 0.1) is 35.5 Å². The molecular weight excluding hydrogens is 995 g/mol. The Morgan fingerprint density at radius 3 is 2.27 bits per heavy atom. The van der Waals surface area contributed by atoms with Crippen LogP contribution in [0.2, 0.25) is 0 Å². The first-order valence-corrected chi connectivity index (χ1v) is 28.0. The number of nitrogens with one attached hydrogen (secondary N) is 1. The molecule has 17 atom stereocenters. The molecule has 0 spiro atoms. The van der Waals surface area contributed by atoms with E-state index >= 15 is 0 Å². The molecule has 430 valence electrons. The van der Waals surface area contributed by atoms with Crippen molar-refractivity contribution in [1.29, 1.82) is 0 Å². The number of esters is 1. The normalized spacial score (nSPS) is 39.6. The second kappa shape index (κ2) is 28.1. The molecule has 0 radical (unpaired) electrons. The number of Topliss-reactive ketones (excluding diaryl/α,β-unsaturated/α-hetero) is 3. The largest absolute Gasteiger partial charge is 0.460 e. The van der Waals surface area contributed by atoms with Gasteiger partial charge in [-0.05, 0) is 107 Å². The monoisotopic (exact) mass is 1080 g/mol. The SMILES string of the molecule is CO[C@@H]1C[C@H](C[C@@H](C)[C@@H]2CC(=O)[C@H](C)/C=C(\C)[C@@H](O)[C@@H](OC)C(=O)[C@H](C)C[C@H](C)/C=C/C=C/C=C(\C)C(OCCO[C@@H]3C[C@H]4C(=O)NC(=O)N4C3)C[C@@H]3CC[C@@H](C)[C@@](O)(O3)C(=O)C(=O)N3CCCC[C@H]3C(=O)O2)CC[C@H]1O. The van der Waals surface area contributed by atoms with Gasteiger partial charge in [-0.25, -0.2) is 9.59 Å². The molecule has 2 bridgehead atoms. The van der Waals surface area contributed by atoms with Crippen LogP contribution in [0.1, 0.15) is 132 Å². The molecule has 1 saturated carbocycles. The van der Waals surface area contributed by atoms with E-state index in [4.69, 9.17) is 28.4 Å². The second-order valence-corrected chi connectivity index (χ2v) is 22.9. The van der Waals surface area contributed by atoms with Crippen LogP contribution in [0.5, 0.6) is 0 Å². The number of nitrogens with zero attached hydrogens (tertiary/aromatic N) is 2. The van der Waals surface area contributed by atoms with Gasteiger partial charge in [0, 0.05) is 64.3 Å². The van der Waals surface area contributed by atoms with E-state index in [0.717, 1.165) is 5.57 Å². The van der Waals surface area contributed by atoms with Crippen LogP contribution in [0.15, 0.2) is 47.6 Å². The highest BCUT2D eigenvalue weighted by atomic mass is 16.6. The fraction of sp³-hybridized carbons (Fsp3) is 0.741. The summed E-state index contributed by atoms with van der Waals surface area (Å²) in [6.45, 7) is 13.1. The fourth-order valence-corrected chi connectivity index (χ4v) is 12.1. The zero-order chi connectivity index (χ0) is 56.3. The maximum atomic E-state index is 14.5. The number of carbonyl (C=O) groups excluding carboxylic acids is 7. The Kier molecular flexibility index (Phi) is 22.5. The Labute approximate surface area is 454 Å². The van der Waals surface area contributed by atoms with Crippen molar-refractivity contribution in [2.75, 3.05) is 40.5 Å². The zero-order valence-electron chi connectivity index (χ0n) is 46.8.